The van der Waals surface area contributed by atoms with Crippen molar-refractivity contribution in [2.45, 2.75) is 13.0 Å². The summed E-state index contributed by atoms with van der Waals surface area (Å²) in [6.07, 6.45) is 0. The van der Waals surface area contributed by atoms with Crippen LogP contribution < -0.4 is 11.1 Å². The lowest BCUT2D eigenvalue weighted by Crippen LogP contribution is -2.31. The smallest absolute Gasteiger partial charge is 0.256 e. The van der Waals surface area contributed by atoms with Crippen LogP contribution in [0.4, 0.5) is 0 Å². The molecule has 1 unspecified atom stereocenters. The number of rotatable bonds is 1. The van der Waals surface area contributed by atoms with Crippen LogP contribution in [0.1, 0.15) is 17.2 Å². The number of nitrogens with one attached hydrogen (secondary N) is 1. The Labute approximate surface area is 81.8 Å². The van der Waals surface area contributed by atoms with Crippen molar-refractivity contribution in [3.63, 3.8) is 0 Å². The first kappa shape index (κ1) is 8.74. The summed E-state index contributed by atoms with van der Waals surface area (Å²) >= 11 is 0. The second-order valence-corrected chi connectivity index (χ2v) is 3.32. The second kappa shape index (κ2) is 3.14. The first-order valence-electron chi connectivity index (χ1n) is 4.37. The van der Waals surface area contributed by atoms with Crippen molar-refractivity contribution < 1.29 is 4.79 Å². The van der Waals surface area contributed by atoms with Crippen molar-refractivity contribution in [2.75, 3.05) is 0 Å². The van der Waals surface area contributed by atoms with E-state index in [1.54, 1.807) is 0 Å². The number of benzene rings is 1. The molecule has 1 heterocycles. The first-order valence-corrected chi connectivity index (χ1v) is 4.37. The predicted molar refractivity (Wildman–Crippen MR) is 53.7 cm³/mol. The standard InChI is InChI=1S/C10H11N3O/c1-6-2-4-7(5-3-6)8-9(14)13-10(11)12-8/h2-5,8H,1H3,(H3,11,12,13,14). The Hall–Kier alpha value is -1.84. The van der Waals surface area contributed by atoms with Crippen LogP contribution in [0.25, 0.3) is 0 Å². The zero-order valence-corrected chi connectivity index (χ0v) is 7.82. The van der Waals surface area contributed by atoms with E-state index in [2.05, 4.69) is 10.3 Å². The number of carbonyl (C=O) groups is 1. The molecule has 0 radical (unpaired) electrons. The first-order chi connectivity index (χ1) is 6.66. The van der Waals surface area contributed by atoms with Crippen LogP contribution in [0, 0.1) is 6.92 Å². The zero-order valence-electron chi connectivity index (χ0n) is 7.82. The van der Waals surface area contributed by atoms with Crippen molar-refractivity contribution in [2.24, 2.45) is 10.7 Å². The monoisotopic (exact) mass is 189 g/mol. The summed E-state index contributed by atoms with van der Waals surface area (Å²) < 4.78 is 0. The molecule has 0 aromatic heterocycles. The molecule has 0 spiro atoms. The van der Waals surface area contributed by atoms with E-state index in [9.17, 15) is 4.79 Å². The molecule has 1 aromatic carbocycles. The molecule has 14 heavy (non-hydrogen) atoms. The minimum atomic E-state index is -0.476. The maximum atomic E-state index is 11.4. The summed E-state index contributed by atoms with van der Waals surface area (Å²) in [6, 6.07) is 7.21. The molecule has 0 bridgehead atoms. The van der Waals surface area contributed by atoms with Crippen LogP contribution >= 0.6 is 0 Å². The topological polar surface area (TPSA) is 67.5 Å². The minimum absolute atomic E-state index is 0.161. The van der Waals surface area contributed by atoms with Crippen LogP contribution in [-0.2, 0) is 4.79 Å². The highest BCUT2D eigenvalue weighted by Gasteiger charge is 2.25. The zero-order chi connectivity index (χ0) is 10.1. The van der Waals surface area contributed by atoms with Gasteiger partial charge in [-0.05, 0) is 12.5 Å². The summed E-state index contributed by atoms with van der Waals surface area (Å²) in [5.74, 6) is 0.0342. The number of aryl methyl sites for hydroxylation is 1. The molecule has 72 valence electrons. The van der Waals surface area contributed by atoms with Crippen molar-refractivity contribution in [1.29, 1.82) is 0 Å². The normalized spacial score (nSPS) is 20.5. The Morgan fingerprint density at radius 3 is 2.50 bits per heavy atom. The van der Waals surface area contributed by atoms with Gasteiger partial charge < -0.3 is 5.73 Å². The Bertz CT molecular complexity index is 394. The average molecular weight is 189 g/mol. The van der Waals surface area contributed by atoms with E-state index in [4.69, 9.17) is 5.73 Å². The van der Waals surface area contributed by atoms with E-state index in [0.717, 1.165) is 11.1 Å². The van der Waals surface area contributed by atoms with Gasteiger partial charge in [-0.1, -0.05) is 29.8 Å². The lowest BCUT2D eigenvalue weighted by molar-refractivity contribution is -0.120. The van der Waals surface area contributed by atoms with Gasteiger partial charge >= 0.3 is 0 Å². The molecule has 1 aliphatic heterocycles. The van der Waals surface area contributed by atoms with E-state index in [-0.39, 0.29) is 11.9 Å². The Kier molecular flexibility index (Phi) is 1.96. The maximum absolute atomic E-state index is 11.4. The van der Waals surface area contributed by atoms with E-state index < -0.39 is 6.04 Å². The molecule has 4 nitrogen and oxygen atoms in total. The van der Waals surface area contributed by atoms with E-state index >= 15 is 0 Å². The molecule has 1 atom stereocenters. The number of nitrogens with two attached hydrogens (primary N) is 1. The number of carbonyl (C=O) groups excluding carboxylic acids is 1. The van der Waals surface area contributed by atoms with Crippen LogP contribution in [0.2, 0.25) is 0 Å². The lowest BCUT2D eigenvalue weighted by Gasteiger charge is -2.04. The fourth-order valence-electron chi connectivity index (χ4n) is 1.40. The van der Waals surface area contributed by atoms with Gasteiger partial charge in [0, 0.05) is 0 Å². The van der Waals surface area contributed by atoms with Gasteiger partial charge in [0.2, 0.25) is 0 Å². The van der Waals surface area contributed by atoms with Gasteiger partial charge in [0.05, 0.1) is 0 Å². The van der Waals surface area contributed by atoms with Crippen molar-refractivity contribution in [3.8, 4) is 0 Å². The van der Waals surface area contributed by atoms with Crippen molar-refractivity contribution in [1.82, 2.24) is 5.32 Å². The molecule has 0 fully saturated rings. The van der Waals surface area contributed by atoms with E-state index in [1.165, 1.54) is 0 Å². The number of aliphatic imine (C=N–C) groups is 1. The fourth-order valence-corrected chi connectivity index (χ4v) is 1.40. The summed E-state index contributed by atoms with van der Waals surface area (Å²) in [7, 11) is 0. The highest BCUT2D eigenvalue weighted by molar-refractivity contribution is 6.04. The SMILES string of the molecule is Cc1ccc(C2N=C(N)NC2=O)cc1. The molecule has 1 aliphatic rings. The molecular formula is C10H11N3O. The molecule has 1 aromatic rings. The molecule has 1 amide bonds. The van der Waals surface area contributed by atoms with Crippen LogP contribution in [0.3, 0.4) is 0 Å². The summed E-state index contributed by atoms with van der Waals surface area (Å²) in [4.78, 5) is 15.4. The van der Waals surface area contributed by atoms with Crippen molar-refractivity contribution >= 4 is 11.9 Å². The third-order valence-electron chi connectivity index (χ3n) is 2.16. The van der Waals surface area contributed by atoms with Gasteiger partial charge in [0.1, 0.15) is 0 Å². The Balaban J connectivity index is 2.32. The summed E-state index contributed by atoms with van der Waals surface area (Å²) in [5, 5.41) is 2.47. The Morgan fingerprint density at radius 2 is 2.00 bits per heavy atom. The van der Waals surface area contributed by atoms with Crippen molar-refractivity contribution in [3.05, 3.63) is 35.4 Å². The van der Waals surface area contributed by atoms with Gasteiger partial charge in [-0.3, -0.25) is 10.1 Å². The molecule has 0 aliphatic carbocycles. The van der Waals surface area contributed by atoms with Gasteiger partial charge in [0.15, 0.2) is 12.0 Å². The van der Waals surface area contributed by atoms with Gasteiger partial charge in [0.25, 0.3) is 5.91 Å². The Morgan fingerprint density at radius 1 is 1.36 bits per heavy atom. The quantitative estimate of drug-likeness (QED) is 0.674. The average Bonchev–Trinajstić information content (AvgIpc) is 2.47. The lowest BCUT2D eigenvalue weighted by atomic mass is 10.1. The third-order valence-corrected chi connectivity index (χ3v) is 2.16. The summed E-state index contributed by atoms with van der Waals surface area (Å²) in [5.41, 5.74) is 7.43. The molecule has 0 saturated heterocycles. The van der Waals surface area contributed by atoms with E-state index in [0.29, 0.717) is 0 Å². The van der Waals surface area contributed by atoms with Gasteiger partial charge in [-0.15, -0.1) is 0 Å². The number of hydrogen-bond donors (Lipinski definition) is 2. The summed E-state index contributed by atoms with van der Waals surface area (Å²) in [6.45, 7) is 2.00. The maximum Gasteiger partial charge on any atom is 0.256 e. The van der Waals surface area contributed by atoms with Crippen LogP contribution in [0.5, 0.6) is 0 Å². The molecule has 3 N–H and O–H groups in total. The number of hydrogen-bond acceptors (Lipinski definition) is 3. The minimum Gasteiger partial charge on any atom is -0.370 e. The molecule has 2 rings (SSSR count). The molecule has 0 saturated carbocycles. The van der Waals surface area contributed by atoms with Crippen LogP contribution in [0.15, 0.2) is 29.3 Å². The highest BCUT2D eigenvalue weighted by Crippen LogP contribution is 2.20. The molecular weight excluding hydrogens is 178 g/mol. The third kappa shape index (κ3) is 1.46. The van der Waals surface area contributed by atoms with Gasteiger partial charge in [-0.25, -0.2) is 4.99 Å². The predicted octanol–water partition coefficient (Wildman–Crippen LogP) is 0.481. The number of amides is 1. The number of nitrogens with zero attached hydrogens (tertiary/aromatic N) is 1. The van der Waals surface area contributed by atoms with Crippen LogP contribution in [-0.4, -0.2) is 11.9 Å². The van der Waals surface area contributed by atoms with Gasteiger partial charge in [-0.2, -0.15) is 0 Å². The number of guanidine groups is 1. The largest absolute Gasteiger partial charge is 0.370 e. The van der Waals surface area contributed by atoms with E-state index in [1.807, 2.05) is 31.2 Å². The fraction of sp³-hybridized carbons (Fsp3) is 0.200. The molecule has 4 heteroatoms. The highest BCUT2D eigenvalue weighted by atomic mass is 16.2. The second-order valence-electron chi connectivity index (χ2n) is 3.32.